The summed E-state index contributed by atoms with van der Waals surface area (Å²) in [5.41, 5.74) is 0.559. The number of methoxy groups -OCH3 is 1. The number of anilines is 1. The maximum Gasteiger partial charge on any atom is 0.355 e. The molecule has 2 aromatic carbocycles. The van der Waals surface area contributed by atoms with Crippen molar-refractivity contribution in [3.63, 3.8) is 0 Å². The molecule has 0 bridgehead atoms. The first kappa shape index (κ1) is 19.5. The number of carbonyl (C=O) groups is 3. The van der Waals surface area contributed by atoms with E-state index in [4.69, 9.17) is 16.3 Å². The first-order chi connectivity index (χ1) is 14.3. The molecule has 30 heavy (non-hydrogen) atoms. The van der Waals surface area contributed by atoms with Gasteiger partial charge in [0.25, 0.3) is 11.6 Å². The van der Waals surface area contributed by atoms with Gasteiger partial charge in [0.05, 0.1) is 17.7 Å². The number of rotatable bonds is 4. The fourth-order valence-electron chi connectivity index (χ4n) is 3.68. The lowest BCUT2D eigenvalue weighted by atomic mass is 9.78. The zero-order valence-electron chi connectivity index (χ0n) is 15.4. The summed E-state index contributed by atoms with van der Waals surface area (Å²) in [6.45, 7) is 0. The van der Waals surface area contributed by atoms with Gasteiger partial charge in [-0.25, -0.2) is 9.69 Å². The average Bonchev–Trinajstić information content (AvgIpc) is 3.24. The second kappa shape index (κ2) is 6.92. The minimum Gasteiger partial charge on any atom is -0.464 e. The number of nitro benzene ring substituents is 1. The van der Waals surface area contributed by atoms with Crippen LogP contribution in [0.4, 0.5) is 11.4 Å². The summed E-state index contributed by atoms with van der Waals surface area (Å²) < 4.78 is 4.71. The van der Waals surface area contributed by atoms with E-state index < -0.39 is 34.2 Å². The van der Waals surface area contributed by atoms with Crippen molar-refractivity contribution in [1.29, 1.82) is 0 Å². The summed E-state index contributed by atoms with van der Waals surface area (Å²) in [5.74, 6) is -3.71. The van der Waals surface area contributed by atoms with Crippen LogP contribution in [0, 0.1) is 16.0 Å². The van der Waals surface area contributed by atoms with Crippen LogP contribution in [0.5, 0.6) is 0 Å². The number of nitrogens with zero attached hydrogens (tertiary/aromatic N) is 3. The van der Waals surface area contributed by atoms with Gasteiger partial charge < -0.3 is 4.74 Å². The zero-order chi connectivity index (χ0) is 21.6. The molecule has 0 aliphatic carbocycles. The van der Waals surface area contributed by atoms with Crippen molar-refractivity contribution in [3.05, 3.63) is 69.2 Å². The van der Waals surface area contributed by atoms with Crippen molar-refractivity contribution in [1.82, 2.24) is 5.43 Å². The Morgan fingerprint density at radius 1 is 1.27 bits per heavy atom. The number of nitrogens with one attached hydrogen (secondary N) is 1. The first-order valence-corrected chi connectivity index (χ1v) is 9.01. The molecule has 0 radical (unpaired) electrons. The number of esters is 1. The fourth-order valence-corrected chi connectivity index (χ4v) is 3.81. The number of halogens is 1. The predicted octanol–water partition coefficient (Wildman–Crippen LogP) is 1.77. The molecule has 1 fully saturated rings. The van der Waals surface area contributed by atoms with Gasteiger partial charge in [-0.15, -0.1) is 0 Å². The second-order valence-corrected chi connectivity index (χ2v) is 7.04. The van der Waals surface area contributed by atoms with E-state index in [1.807, 2.05) is 0 Å². The van der Waals surface area contributed by atoms with E-state index >= 15 is 0 Å². The monoisotopic (exact) mass is 428 g/mol. The maximum absolute atomic E-state index is 13.6. The quantitative estimate of drug-likeness (QED) is 0.339. The Morgan fingerprint density at radius 3 is 2.60 bits per heavy atom. The molecular formula is C19H13ClN4O6. The number of fused-ring (bicyclic) bond motifs is 1. The third kappa shape index (κ3) is 2.65. The average molecular weight is 429 g/mol. The number of nitro groups is 1. The third-order valence-corrected chi connectivity index (χ3v) is 5.31. The predicted molar refractivity (Wildman–Crippen MR) is 105 cm³/mol. The molecule has 1 N–H and O–H groups in total. The van der Waals surface area contributed by atoms with Gasteiger partial charge in [0.15, 0.2) is 11.3 Å². The molecule has 11 heteroatoms. The van der Waals surface area contributed by atoms with E-state index in [2.05, 4.69) is 10.5 Å². The molecule has 0 unspecified atom stereocenters. The Morgan fingerprint density at radius 2 is 1.97 bits per heavy atom. The van der Waals surface area contributed by atoms with Crippen molar-refractivity contribution >= 4 is 46.5 Å². The smallest absolute Gasteiger partial charge is 0.355 e. The molecule has 4 rings (SSSR count). The van der Waals surface area contributed by atoms with Crippen LogP contribution in [0.25, 0.3) is 0 Å². The molecule has 0 spiro atoms. The van der Waals surface area contributed by atoms with Gasteiger partial charge in [-0.05, 0) is 29.8 Å². The van der Waals surface area contributed by atoms with Crippen molar-refractivity contribution in [2.24, 2.45) is 11.0 Å². The lowest BCUT2D eigenvalue weighted by Crippen LogP contribution is -2.48. The number of non-ortho nitro benzene ring substituents is 1. The Labute approximate surface area is 174 Å². The number of imide groups is 1. The van der Waals surface area contributed by atoms with E-state index in [-0.39, 0.29) is 22.6 Å². The van der Waals surface area contributed by atoms with Crippen LogP contribution >= 0.6 is 11.6 Å². The number of hydrazone groups is 1. The summed E-state index contributed by atoms with van der Waals surface area (Å²) in [4.78, 5) is 50.7. The number of hydrogen-bond donors (Lipinski definition) is 1. The van der Waals surface area contributed by atoms with Crippen molar-refractivity contribution in [2.75, 3.05) is 12.0 Å². The van der Waals surface area contributed by atoms with Crippen LogP contribution in [0.15, 0.2) is 53.6 Å². The lowest BCUT2D eigenvalue weighted by molar-refractivity contribution is -0.385. The van der Waals surface area contributed by atoms with Crippen LogP contribution in [0.2, 0.25) is 5.02 Å². The highest BCUT2D eigenvalue weighted by molar-refractivity contribution is 6.47. The van der Waals surface area contributed by atoms with E-state index in [1.54, 1.807) is 0 Å². The van der Waals surface area contributed by atoms with Gasteiger partial charge in [0.2, 0.25) is 5.91 Å². The van der Waals surface area contributed by atoms with Gasteiger partial charge >= 0.3 is 5.97 Å². The number of benzene rings is 2. The Balaban J connectivity index is 1.91. The van der Waals surface area contributed by atoms with Gasteiger partial charge in [0.1, 0.15) is 5.92 Å². The Hall–Kier alpha value is -3.79. The number of ether oxygens (including phenoxy) is 1. The van der Waals surface area contributed by atoms with Crippen LogP contribution in [0.1, 0.15) is 5.56 Å². The zero-order valence-corrected chi connectivity index (χ0v) is 16.1. The van der Waals surface area contributed by atoms with E-state index in [0.717, 1.165) is 12.0 Å². The molecule has 152 valence electrons. The number of hydrogen-bond acceptors (Lipinski definition) is 8. The summed E-state index contributed by atoms with van der Waals surface area (Å²) >= 11 is 5.90. The molecule has 0 aromatic heterocycles. The molecular weight excluding hydrogens is 416 g/mol. The summed E-state index contributed by atoms with van der Waals surface area (Å²) in [7, 11) is 1.12. The summed E-state index contributed by atoms with van der Waals surface area (Å²) in [5, 5.41) is 15.5. The number of carbonyl (C=O) groups excluding carboxylic acids is 3. The molecule has 2 heterocycles. The van der Waals surface area contributed by atoms with E-state index in [9.17, 15) is 24.5 Å². The molecule has 2 aliphatic heterocycles. The van der Waals surface area contributed by atoms with E-state index in [0.29, 0.717) is 5.02 Å². The SMILES string of the molecule is COC(=O)C1=NN[C@]2(c3cccc([N+](=O)[O-])c3)C(=O)N(c3ccc(Cl)cc3)C(=O)[C@H]12. The standard InChI is InChI=1S/C19H13ClN4O6/c1-30-17(26)15-14-16(25)23(12-7-5-11(20)6-8-12)18(27)19(14,22-21-15)10-3-2-4-13(9-10)24(28)29/h2-9,14,22H,1H3/t14-,19-/m0/s1. The van der Waals surface area contributed by atoms with Crippen molar-refractivity contribution in [3.8, 4) is 0 Å². The molecule has 0 saturated carbocycles. The molecule has 2 aliphatic rings. The second-order valence-electron chi connectivity index (χ2n) is 6.60. The molecule has 2 aromatic rings. The molecule has 2 amide bonds. The van der Waals surface area contributed by atoms with Crippen LogP contribution in [-0.2, 0) is 24.7 Å². The van der Waals surface area contributed by atoms with Crippen molar-refractivity contribution in [2.45, 2.75) is 5.54 Å². The highest BCUT2D eigenvalue weighted by atomic mass is 35.5. The maximum atomic E-state index is 13.6. The largest absolute Gasteiger partial charge is 0.464 e. The minimum atomic E-state index is -1.83. The van der Waals surface area contributed by atoms with Crippen LogP contribution in [-0.4, -0.2) is 35.5 Å². The third-order valence-electron chi connectivity index (χ3n) is 5.06. The van der Waals surface area contributed by atoms with Gasteiger partial charge in [-0.3, -0.25) is 25.1 Å². The number of amides is 2. The highest BCUT2D eigenvalue weighted by Crippen LogP contribution is 2.45. The Bertz CT molecular complexity index is 1130. The normalized spacial score (nSPS) is 22.4. The summed E-state index contributed by atoms with van der Waals surface area (Å²) in [6.07, 6.45) is 0. The summed E-state index contributed by atoms with van der Waals surface area (Å²) in [6, 6.07) is 11.3. The molecule has 10 nitrogen and oxygen atoms in total. The van der Waals surface area contributed by atoms with Gasteiger partial charge in [-0.2, -0.15) is 5.10 Å². The minimum absolute atomic E-state index is 0.124. The van der Waals surface area contributed by atoms with Gasteiger partial charge in [-0.1, -0.05) is 23.7 Å². The van der Waals surface area contributed by atoms with E-state index in [1.165, 1.54) is 48.5 Å². The Kier molecular flexibility index (Phi) is 4.50. The van der Waals surface area contributed by atoms with Crippen molar-refractivity contribution < 1.29 is 24.0 Å². The molecule has 2 atom stereocenters. The lowest BCUT2D eigenvalue weighted by Gasteiger charge is -2.26. The molecule has 1 saturated heterocycles. The van der Waals surface area contributed by atoms with Crippen LogP contribution in [0.3, 0.4) is 0 Å². The highest BCUT2D eigenvalue weighted by Gasteiger charge is 2.67. The topological polar surface area (TPSA) is 131 Å². The van der Waals surface area contributed by atoms with Crippen LogP contribution < -0.4 is 10.3 Å². The van der Waals surface area contributed by atoms with Gasteiger partial charge in [0, 0.05) is 17.2 Å². The fraction of sp³-hybridized carbons (Fsp3) is 0.158. The first-order valence-electron chi connectivity index (χ1n) is 8.63.